The lowest BCUT2D eigenvalue weighted by Gasteiger charge is -2.36. The number of halogens is 3. The lowest BCUT2D eigenvalue weighted by Crippen LogP contribution is -2.47. The van der Waals surface area contributed by atoms with E-state index in [0.29, 0.717) is 26.2 Å². The van der Waals surface area contributed by atoms with Crippen molar-refractivity contribution < 1.29 is 8.78 Å². The minimum Gasteiger partial charge on any atom is -0.368 e. The number of hydrogen-bond acceptors (Lipinski definition) is 4. The Bertz CT molecular complexity index is 627. The molecule has 0 radical (unpaired) electrons. The molecule has 21 heavy (non-hydrogen) atoms. The van der Waals surface area contributed by atoms with Crippen molar-refractivity contribution >= 4 is 23.1 Å². The molecule has 1 aliphatic rings. The van der Waals surface area contributed by atoms with Crippen molar-refractivity contribution in [3.05, 3.63) is 47.4 Å². The van der Waals surface area contributed by atoms with E-state index in [0.717, 1.165) is 11.9 Å². The zero-order valence-electron chi connectivity index (χ0n) is 11.1. The van der Waals surface area contributed by atoms with Gasteiger partial charge in [0.25, 0.3) is 0 Å². The third-order valence-electron chi connectivity index (χ3n) is 3.47. The largest absolute Gasteiger partial charge is 0.368 e. The van der Waals surface area contributed by atoms with Crippen molar-refractivity contribution in [2.75, 3.05) is 36.0 Å². The molecule has 3 rings (SSSR count). The third kappa shape index (κ3) is 3.05. The van der Waals surface area contributed by atoms with E-state index in [1.807, 2.05) is 4.90 Å². The monoisotopic (exact) mass is 310 g/mol. The Morgan fingerprint density at radius 1 is 0.952 bits per heavy atom. The number of anilines is 2. The fourth-order valence-corrected chi connectivity index (χ4v) is 2.52. The Morgan fingerprint density at radius 3 is 2.24 bits per heavy atom. The second kappa shape index (κ2) is 5.81. The second-order valence-electron chi connectivity index (χ2n) is 4.76. The molecule has 110 valence electrons. The van der Waals surface area contributed by atoms with Gasteiger partial charge in [-0.3, -0.25) is 0 Å². The zero-order chi connectivity index (χ0) is 14.8. The summed E-state index contributed by atoms with van der Waals surface area (Å²) in [7, 11) is 0. The first-order chi connectivity index (χ1) is 10.1. The van der Waals surface area contributed by atoms with E-state index in [9.17, 15) is 8.78 Å². The van der Waals surface area contributed by atoms with Gasteiger partial charge in [0.2, 0.25) is 5.28 Å². The van der Waals surface area contributed by atoms with Crippen LogP contribution in [0.2, 0.25) is 5.28 Å². The first kappa shape index (κ1) is 14.0. The summed E-state index contributed by atoms with van der Waals surface area (Å²) in [5.41, 5.74) is 0.956. The Labute approximate surface area is 126 Å². The highest BCUT2D eigenvalue weighted by Crippen LogP contribution is 2.22. The molecule has 0 amide bonds. The molecule has 0 N–H and O–H groups in total. The van der Waals surface area contributed by atoms with Gasteiger partial charge in [-0.15, -0.1) is 0 Å². The quantitative estimate of drug-likeness (QED) is 0.798. The van der Waals surface area contributed by atoms with Crippen LogP contribution in [0, 0.1) is 11.6 Å². The lowest BCUT2D eigenvalue weighted by atomic mass is 10.2. The standard InChI is InChI=1S/C14H13ClF2N4/c15-14-18-9-12(17)13(19-14)21-7-5-20(6-8-21)11-3-1-10(16)2-4-11/h1-4,9H,5-8H2. The van der Waals surface area contributed by atoms with Crippen molar-refractivity contribution in [3.63, 3.8) is 0 Å². The molecule has 0 saturated carbocycles. The van der Waals surface area contributed by atoms with Gasteiger partial charge in [0, 0.05) is 31.9 Å². The van der Waals surface area contributed by atoms with Gasteiger partial charge in [-0.25, -0.2) is 13.8 Å². The summed E-state index contributed by atoms with van der Waals surface area (Å²) in [4.78, 5) is 11.5. The smallest absolute Gasteiger partial charge is 0.224 e. The van der Waals surface area contributed by atoms with Gasteiger partial charge in [0.05, 0.1) is 6.20 Å². The van der Waals surface area contributed by atoms with E-state index in [1.165, 1.54) is 12.1 Å². The highest BCUT2D eigenvalue weighted by molar-refractivity contribution is 6.28. The molecule has 1 saturated heterocycles. The zero-order valence-corrected chi connectivity index (χ0v) is 11.9. The van der Waals surface area contributed by atoms with Crippen molar-refractivity contribution in [2.45, 2.75) is 0 Å². The van der Waals surface area contributed by atoms with Crippen molar-refractivity contribution in [1.29, 1.82) is 0 Å². The first-order valence-electron chi connectivity index (χ1n) is 6.57. The van der Waals surface area contributed by atoms with E-state index in [-0.39, 0.29) is 16.9 Å². The highest BCUT2D eigenvalue weighted by Gasteiger charge is 2.21. The summed E-state index contributed by atoms with van der Waals surface area (Å²) < 4.78 is 26.7. The van der Waals surface area contributed by atoms with Crippen LogP contribution in [0.25, 0.3) is 0 Å². The minimum atomic E-state index is -0.477. The van der Waals surface area contributed by atoms with Gasteiger partial charge >= 0.3 is 0 Å². The summed E-state index contributed by atoms with van der Waals surface area (Å²) in [6, 6.07) is 6.36. The number of piperazine rings is 1. The van der Waals surface area contributed by atoms with Crippen LogP contribution in [0.15, 0.2) is 30.5 Å². The Balaban J connectivity index is 1.70. The molecule has 1 aromatic carbocycles. The van der Waals surface area contributed by atoms with Crippen LogP contribution in [0.4, 0.5) is 20.3 Å². The Morgan fingerprint density at radius 2 is 1.57 bits per heavy atom. The van der Waals surface area contributed by atoms with Crippen molar-refractivity contribution in [3.8, 4) is 0 Å². The van der Waals surface area contributed by atoms with Gasteiger partial charge in [0.1, 0.15) is 5.82 Å². The van der Waals surface area contributed by atoms with Gasteiger partial charge in [0.15, 0.2) is 11.6 Å². The summed E-state index contributed by atoms with van der Waals surface area (Å²) >= 11 is 5.71. The van der Waals surface area contributed by atoms with Crippen LogP contribution in [0.5, 0.6) is 0 Å². The number of rotatable bonds is 2. The molecule has 7 heteroatoms. The SMILES string of the molecule is Fc1ccc(N2CCN(c3nc(Cl)ncc3F)CC2)cc1. The molecule has 0 bridgehead atoms. The molecule has 0 atom stereocenters. The average Bonchev–Trinajstić information content (AvgIpc) is 2.51. The van der Waals surface area contributed by atoms with Crippen molar-refractivity contribution in [1.82, 2.24) is 9.97 Å². The maximum Gasteiger partial charge on any atom is 0.224 e. The maximum atomic E-state index is 13.7. The number of nitrogens with zero attached hydrogens (tertiary/aromatic N) is 4. The molecule has 0 aliphatic carbocycles. The molecule has 1 aromatic heterocycles. The van der Waals surface area contributed by atoms with Crippen LogP contribution < -0.4 is 9.80 Å². The maximum absolute atomic E-state index is 13.7. The molecule has 4 nitrogen and oxygen atoms in total. The molecular weight excluding hydrogens is 298 g/mol. The van der Waals surface area contributed by atoms with E-state index >= 15 is 0 Å². The fraction of sp³-hybridized carbons (Fsp3) is 0.286. The van der Waals surface area contributed by atoms with E-state index < -0.39 is 5.82 Å². The molecule has 2 heterocycles. The van der Waals surface area contributed by atoms with Gasteiger partial charge in [-0.05, 0) is 35.9 Å². The topological polar surface area (TPSA) is 32.3 Å². The lowest BCUT2D eigenvalue weighted by molar-refractivity contribution is 0.582. The number of hydrogen-bond donors (Lipinski definition) is 0. The second-order valence-corrected chi connectivity index (χ2v) is 5.10. The normalized spacial score (nSPS) is 15.4. The Kier molecular flexibility index (Phi) is 3.88. The van der Waals surface area contributed by atoms with Gasteiger partial charge < -0.3 is 9.80 Å². The highest BCUT2D eigenvalue weighted by atomic mass is 35.5. The Hall–Kier alpha value is -1.95. The van der Waals surface area contributed by atoms with Crippen LogP contribution in [-0.2, 0) is 0 Å². The fourth-order valence-electron chi connectivity index (χ4n) is 2.39. The van der Waals surface area contributed by atoms with E-state index in [2.05, 4.69) is 14.9 Å². The van der Waals surface area contributed by atoms with Crippen molar-refractivity contribution in [2.24, 2.45) is 0 Å². The van der Waals surface area contributed by atoms with E-state index in [4.69, 9.17) is 11.6 Å². The molecule has 1 aliphatic heterocycles. The van der Waals surface area contributed by atoms with Crippen LogP contribution >= 0.6 is 11.6 Å². The molecule has 2 aromatic rings. The predicted molar refractivity (Wildman–Crippen MR) is 77.8 cm³/mol. The predicted octanol–water partition coefficient (Wildman–Crippen LogP) is 2.73. The average molecular weight is 311 g/mol. The summed E-state index contributed by atoms with van der Waals surface area (Å²) in [5.74, 6) is -0.501. The summed E-state index contributed by atoms with van der Waals surface area (Å²) in [5, 5.41) is 0.0346. The number of benzene rings is 1. The first-order valence-corrected chi connectivity index (χ1v) is 6.95. The van der Waals surface area contributed by atoms with E-state index in [1.54, 1.807) is 12.1 Å². The summed E-state index contributed by atoms with van der Waals surface area (Å²) in [6.07, 6.45) is 1.08. The van der Waals surface area contributed by atoms with Gasteiger partial charge in [-0.1, -0.05) is 0 Å². The molecule has 0 spiro atoms. The minimum absolute atomic E-state index is 0.0346. The van der Waals surface area contributed by atoms with Gasteiger partial charge in [-0.2, -0.15) is 4.98 Å². The molecule has 0 unspecified atom stereocenters. The van der Waals surface area contributed by atoms with Crippen LogP contribution in [-0.4, -0.2) is 36.1 Å². The molecule has 1 fully saturated rings. The summed E-state index contributed by atoms with van der Waals surface area (Å²) in [6.45, 7) is 2.63. The van der Waals surface area contributed by atoms with Crippen LogP contribution in [0.3, 0.4) is 0 Å². The third-order valence-corrected chi connectivity index (χ3v) is 3.65. The molecular formula is C14H13ClF2N4. The van der Waals surface area contributed by atoms with Crippen LogP contribution in [0.1, 0.15) is 0 Å². The number of aromatic nitrogens is 2.